The van der Waals surface area contributed by atoms with E-state index in [0.29, 0.717) is 6.42 Å². The van der Waals surface area contributed by atoms with Gasteiger partial charge in [0.15, 0.2) is 0 Å². The average molecular weight is 456 g/mol. The van der Waals surface area contributed by atoms with E-state index in [1.807, 2.05) is 0 Å². The molecule has 0 aliphatic carbocycles. The first-order chi connectivity index (χ1) is 13.6. The van der Waals surface area contributed by atoms with Crippen LogP contribution in [0.1, 0.15) is 96.8 Å². The summed E-state index contributed by atoms with van der Waals surface area (Å²) in [6, 6.07) is 0. The molecule has 174 valence electrons. The summed E-state index contributed by atoms with van der Waals surface area (Å²) >= 11 is 0. The van der Waals surface area contributed by atoms with Crippen LogP contribution in [0, 0.1) is 0 Å². The van der Waals surface area contributed by atoms with Gasteiger partial charge in [-0.2, -0.15) is 0 Å². The smallest absolute Gasteiger partial charge is 0.324 e. The SMILES string of the molecule is CCCCCCCC/C=C\CCCCCCCCN(CP(=O)(O)O)CP(=O)(O)O. The second-order valence-electron chi connectivity index (χ2n) is 7.94. The molecule has 0 fully saturated rings. The van der Waals surface area contributed by atoms with Crippen LogP contribution in [0.25, 0.3) is 0 Å². The molecule has 0 bridgehead atoms. The van der Waals surface area contributed by atoms with Crippen LogP contribution in [-0.2, 0) is 9.13 Å². The summed E-state index contributed by atoms with van der Waals surface area (Å²) in [4.78, 5) is 37.3. The molecule has 7 nitrogen and oxygen atoms in total. The van der Waals surface area contributed by atoms with Crippen molar-refractivity contribution in [1.82, 2.24) is 4.90 Å². The number of nitrogens with zero attached hydrogens (tertiary/aromatic N) is 1. The van der Waals surface area contributed by atoms with Crippen molar-refractivity contribution in [3.8, 4) is 0 Å². The summed E-state index contributed by atoms with van der Waals surface area (Å²) in [6.45, 7) is 2.53. The van der Waals surface area contributed by atoms with Gasteiger partial charge in [-0.25, -0.2) is 0 Å². The molecular formula is C20H43NO6P2. The van der Waals surface area contributed by atoms with E-state index in [0.717, 1.165) is 32.1 Å². The molecule has 0 radical (unpaired) electrons. The zero-order chi connectivity index (χ0) is 22.0. The van der Waals surface area contributed by atoms with E-state index in [-0.39, 0.29) is 6.54 Å². The fourth-order valence-electron chi connectivity index (χ4n) is 3.29. The summed E-state index contributed by atoms with van der Waals surface area (Å²) in [5.74, 6) is 0. The van der Waals surface area contributed by atoms with Gasteiger partial charge in [-0.05, 0) is 38.6 Å². The largest absolute Gasteiger partial charge is 0.339 e. The van der Waals surface area contributed by atoms with E-state index in [2.05, 4.69) is 19.1 Å². The molecule has 9 heteroatoms. The van der Waals surface area contributed by atoms with Crippen LogP contribution in [0.3, 0.4) is 0 Å². The minimum absolute atomic E-state index is 0.289. The van der Waals surface area contributed by atoms with Crippen molar-refractivity contribution in [2.75, 3.05) is 19.1 Å². The third kappa shape index (κ3) is 24.1. The lowest BCUT2D eigenvalue weighted by Gasteiger charge is -2.22. The minimum atomic E-state index is -4.32. The number of hydrogen-bond acceptors (Lipinski definition) is 3. The fraction of sp³-hybridized carbons (Fsp3) is 0.900. The molecule has 0 saturated carbocycles. The zero-order valence-corrected chi connectivity index (χ0v) is 19.9. The topological polar surface area (TPSA) is 118 Å². The third-order valence-corrected chi connectivity index (χ3v) is 6.29. The maximum atomic E-state index is 11.1. The lowest BCUT2D eigenvalue weighted by molar-refractivity contribution is 0.273. The normalized spacial score (nSPS) is 13.0. The van der Waals surface area contributed by atoms with E-state index < -0.39 is 27.8 Å². The van der Waals surface area contributed by atoms with Crippen molar-refractivity contribution in [3.05, 3.63) is 12.2 Å². The maximum Gasteiger partial charge on any atom is 0.339 e. The molecule has 0 aromatic carbocycles. The molecule has 0 spiro atoms. The van der Waals surface area contributed by atoms with E-state index in [1.165, 1.54) is 56.3 Å². The Kier molecular flexibility index (Phi) is 17.7. The van der Waals surface area contributed by atoms with Gasteiger partial charge in [-0.15, -0.1) is 0 Å². The Balaban J connectivity index is 3.62. The molecule has 0 heterocycles. The molecule has 0 unspecified atom stereocenters. The highest BCUT2D eigenvalue weighted by molar-refractivity contribution is 7.52. The van der Waals surface area contributed by atoms with Gasteiger partial charge in [0, 0.05) is 0 Å². The molecular weight excluding hydrogens is 412 g/mol. The number of hydrogen-bond donors (Lipinski definition) is 4. The average Bonchev–Trinajstić information content (AvgIpc) is 2.58. The molecule has 0 aliphatic heterocycles. The van der Waals surface area contributed by atoms with Gasteiger partial charge >= 0.3 is 15.2 Å². The molecule has 0 saturated heterocycles. The van der Waals surface area contributed by atoms with Gasteiger partial charge in [-0.3, -0.25) is 14.0 Å². The lowest BCUT2D eigenvalue weighted by atomic mass is 10.1. The van der Waals surface area contributed by atoms with E-state index in [1.54, 1.807) is 0 Å². The Bertz CT molecular complexity index is 479. The molecule has 29 heavy (non-hydrogen) atoms. The van der Waals surface area contributed by atoms with E-state index in [4.69, 9.17) is 19.6 Å². The fourth-order valence-corrected chi connectivity index (χ4v) is 4.97. The van der Waals surface area contributed by atoms with Crippen molar-refractivity contribution in [2.24, 2.45) is 0 Å². The summed E-state index contributed by atoms with van der Waals surface area (Å²) in [5, 5.41) is 0. The van der Waals surface area contributed by atoms with Gasteiger partial charge in [0.2, 0.25) is 0 Å². The molecule has 0 amide bonds. The van der Waals surface area contributed by atoms with Crippen molar-refractivity contribution in [1.29, 1.82) is 0 Å². The zero-order valence-electron chi connectivity index (χ0n) is 18.1. The van der Waals surface area contributed by atoms with Gasteiger partial charge < -0.3 is 19.6 Å². The predicted octanol–water partition coefficient (Wildman–Crippen LogP) is 5.60. The van der Waals surface area contributed by atoms with Crippen LogP contribution in [0.2, 0.25) is 0 Å². The lowest BCUT2D eigenvalue weighted by Crippen LogP contribution is -2.27. The Hall–Kier alpha value is -0.0000000000000000416. The molecule has 0 aromatic rings. The van der Waals surface area contributed by atoms with Crippen LogP contribution in [0.5, 0.6) is 0 Å². The quantitative estimate of drug-likeness (QED) is 0.107. The van der Waals surface area contributed by atoms with Crippen LogP contribution < -0.4 is 0 Å². The first-order valence-corrected chi connectivity index (χ1v) is 14.7. The number of rotatable bonds is 20. The second kappa shape index (κ2) is 17.7. The van der Waals surface area contributed by atoms with Crippen LogP contribution >= 0.6 is 15.2 Å². The van der Waals surface area contributed by atoms with Crippen molar-refractivity contribution in [2.45, 2.75) is 96.8 Å². The number of allylic oxidation sites excluding steroid dienone is 2. The standard InChI is InChI=1S/C20H43NO6P2/c1-2-3-4-5-6-7-8-9-10-11-12-13-14-15-16-17-18-21(19-28(22,23)24)20-29(25,26)27/h9-10H,2-8,11-20H2,1H3,(H2,22,23,24)(H2,25,26,27)/b10-9-. The third-order valence-electron chi connectivity index (χ3n) is 4.75. The summed E-state index contributed by atoms with van der Waals surface area (Å²) < 4.78 is 22.2. The molecule has 0 aromatic heterocycles. The monoisotopic (exact) mass is 455 g/mol. The molecule has 0 aliphatic rings. The van der Waals surface area contributed by atoms with E-state index >= 15 is 0 Å². The molecule has 0 atom stereocenters. The summed E-state index contributed by atoms with van der Waals surface area (Å²) in [6.07, 6.45) is 19.7. The van der Waals surface area contributed by atoms with Gasteiger partial charge in [0.1, 0.15) is 12.6 Å². The first kappa shape index (κ1) is 29.0. The van der Waals surface area contributed by atoms with Gasteiger partial charge in [0.05, 0.1) is 0 Å². The number of unbranched alkanes of at least 4 members (excludes halogenated alkanes) is 12. The van der Waals surface area contributed by atoms with Crippen molar-refractivity contribution in [3.63, 3.8) is 0 Å². The van der Waals surface area contributed by atoms with E-state index in [9.17, 15) is 9.13 Å². The predicted molar refractivity (Wildman–Crippen MR) is 120 cm³/mol. The highest BCUT2D eigenvalue weighted by Crippen LogP contribution is 2.40. The second-order valence-corrected chi connectivity index (χ2v) is 11.2. The Morgan fingerprint density at radius 1 is 0.621 bits per heavy atom. The molecule has 0 rings (SSSR count). The first-order valence-electron chi connectivity index (χ1n) is 11.1. The highest BCUT2D eigenvalue weighted by Gasteiger charge is 2.25. The summed E-state index contributed by atoms with van der Waals surface area (Å²) in [7, 11) is -8.65. The molecule has 4 N–H and O–H groups in total. The maximum absolute atomic E-state index is 11.1. The van der Waals surface area contributed by atoms with Crippen molar-refractivity contribution < 1.29 is 28.7 Å². The Morgan fingerprint density at radius 2 is 1.00 bits per heavy atom. The van der Waals surface area contributed by atoms with Crippen LogP contribution in [0.4, 0.5) is 0 Å². The highest BCUT2D eigenvalue weighted by atomic mass is 31.2. The van der Waals surface area contributed by atoms with Gasteiger partial charge in [-0.1, -0.05) is 76.9 Å². The van der Waals surface area contributed by atoms with Crippen LogP contribution in [-0.4, -0.2) is 43.6 Å². The summed E-state index contributed by atoms with van der Waals surface area (Å²) in [5.41, 5.74) is 0. The Labute approximate surface area is 177 Å². The Morgan fingerprint density at radius 3 is 1.41 bits per heavy atom. The minimum Gasteiger partial charge on any atom is -0.324 e. The van der Waals surface area contributed by atoms with Crippen molar-refractivity contribution >= 4 is 15.2 Å². The van der Waals surface area contributed by atoms with Gasteiger partial charge in [0.25, 0.3) is 0 Å². The van der Waals surface area contributed by atoms with Crippen LogP contribution in [0.15, 0.2) is 12.2 Å².